The maximum absolute atomic E-state index is 12.9. The Bertz CT molecular complexity index is 787. The second-order valence-corrected chi connectivity index (χ2v) is 8.07. The third kappa shape index (κ3) is 4.75. The third-order valence-electron chi connectivity index (χ3n) is 6.16. The van der Waals surface area contributed by atoms with Crippen LogP contribution in [0.3, 0.4) is 0 Å². The number of amides is 1. The summed E-state index contributed by atoms with van der Waals surface area (Å²) in [6.07, 6.45) is 7.83. The van der Waals surface area contributed by atoms with Gasteiger partial charge >= 0.3 is 0 Å². The molecular weight excluding hydrogens is 362 g/mol. The Morgan fingerprint density at radius 1 is 1.00 bits per heavy atom. The van der Waals surface area contributed by atoms with Crippen LogP contribution < -0.4 is 4.90 Å². The number of nitrogens with zero attached hydrogens (tertiary/aromatic N) is 5. The molecule has 2 aliphatic rings. The summed E-state index contributed by atoms with van der Waals surface area (Å²) in [4.78, 5) is 28.7. The number of aromatic nitrogens is 2. The van der Waals surface area contributed by atoms with E-state index in [2.05, 4.69) is 57.0 Å². The number of likely N-dealkylation sites (tertiary alicyclic amines) is 1. The number of piperidine rings is 1. The molecule has 2 aliphatic heterocycles. The molecule has 6 nitrogen and oxygen atoms in total. The predicted molar refractivity (Wildman–Crippen MR) is 115 cm³/mol. The fourth-order valence-electron chi connectivity index (χ4n) is 4.41. The number of carbonyl (C=O) groups excluding carboxylic acids is 1. The lowest BCUT2D eigenvalue weighted by Gasteiger charge is -2.36. The molecule has 4 rings (SSSR count). The van der Waals surface area contributed by atoms with Gasteiger partial charge in [-0.3, -0.25) is 9.69 Å². The Hall–Kier alpha value is -2.47. The second kappa shape index (κ2) is 9.35. The maximum Gasteiger partial charge on any atom is 0.274 e. The number of rotatable bonds is 5. The third-order valence-corrected chi connectivity index (χ3v) is 6.16. The van der Waals surface area contributed by atoms with Crippen LogP contribution in [0.25, 0.3) is 0 Å². The second-order valence-electron chi connectivity index (χ2n) is 8.07. The van der Waals surface area contributed by atoms with E-state index in [-0.39, 0.29) is 5.91 Å². The van der Waals surface area contributed by atoms with Crippen molar-refractivity contribution in [3.05, 3.63) is 54.0 Å². The van der Waals surface area contributed by atoms with Crippen molar-refractivity contribution in [2.75, 3.05) is 37.6 Å². The van der Waals surface area contributed by atoms with Gasteiger partial charge in [-0.2, -0.15) is 0 Å². The first-order chi connectivity index (χ1) is 14.2. The van der Waals surface area contributed by atoms with Gasteiger partial charge in [0.15, 0.2) is 0 Å². The predicted octanol–water partition coefficient (Wildman–Crippen LogP) is 3.20. The first-order valence-corrected chi connectivity index (χ1v) is 10.9. The van der Waals surface area contributed by atoms with Gasteiger partial charge in [0.2, 0.25) is 0 Å². The molecule has 154 valence electrons. The summed E-state index contributed by atoms with van der Waals surface area (Å²) >= 11 is 0. The molecule has 2 saturated heterocycles. The van der Waals surface area contributed by atoms with Crippen LogP contribution >= 0.6 is 0 Å². The van der Waals surface area contributed by atoms with E-state index >= 15 is 0 Å². The quantitative estimate of drug-likeness (QED) is 0.781. The van der Waals surface area contributed by atoms with Crippen LogP contribution in [0.5, 0.6) is 0 Å². The topological polar surface area (TPSA) is 52.6 Å². The van der Waals surface area contributed by atoms with Crippen LogP contribution in [0.4, 0.5) is 5.82 Å². The monoisotopic (exact) mass is 393 g/mol. The molecule has 2 aromatic rings. The van der Waals surface area contributed by atoms with Gasteiger partial charge in [-0.25, -0.2) is 9.97 Å². The van der Waals surface area contributed by atoms with Gasteiger partial charge in [0.25, 0.3) is 5.91 Å². The molecule has 0 bridgehead atoms. The largest absolute Gasteiger partial charge is 0.353 e. The minimum Gasteiger partial charge on any atom is -0.353 e. The smallest absolute Gasteiger partial charge is 0.274 e. The zero-order valence-corrected chi connectivity index (χ0v) is 17.3. The number of benzene rings is 1. The molecular formula is C23H31N5O. The van der Waals surface area contributed by atoms with E-state index in [0.717, 1.165) is 64.3 Å². The van der Waals surface area contributed by atoms with Gasteiger partial charge in [0.1, 0.15) is 11.5 Å². The summed E-state index contributed by atoms with van der Waals surface area (Å²) in [6.45, 7) is 7.85. The molecule has 29 heavy (non-hydrogen) atoms. The highest BCUT2D eigenvalue weighted by Crippen LogP contribution is 2.22. The van der Waals surface area contributed by atoms with E-state index in [1.54, 1.807) is 12.4 Å². The molecule has 0 N–H and O–H groups in total. The molecule has 1 unspecified atom stereocenters. The highest BCUT2D eigenvalue weighted by molar-refractivity contribution is 5.92. The maximum atomic E-state index is 12.9. The van der Waals surface area contributed by atoms with Gasteiger partial charge in [-0.1, -0.05) is 37.3 Å². The number of hydrogen-bond donors (Lipinski definition) is 0. The van der Waals surface area contributed by atoms with Crippen molar-refractivity contribution in [1.82, 2.24) is 19.8 Å². The lowest BCUT2D eigenvalue weighted by Crippen LogP contribution is -2.46. The Morgan fingerprint density at radius 3 is 2.48 bits per heavy atom. The molecule has 0 radical (unpaired) electrons. The first kappa shape index (κ1) is 19.8. The number of hydrogen-bond acceptors (Lipinski definition) is 5. The number of anilines is 1. The Labute approximate surface area is 173 Å². The summed E-state index contributed by atoms with van der Waals surface area (Å²) in [5.74, 6) is 0.898. The van der Waals surface area contributed by atoms with Crippen molar-refractivity contribution in [2.24, 2.45) is 0 Å². The van der Waals surface area contributed by atoms with E-state index < -0.39 is 0 Å². The molecule has 1 amide bonds. The van der Waals surface area contributed by atoms with Crippen molar-refractivity contribution in [2.45, 2.75) is 45.2 Å². The molecule has 3 heterocycles. The Morgan fingerprint density at radius 2 is 1.79 bits per heavy atom. The molecule has 1 aromatic carbocycles. The van der Waals surface area contributed by atoms with E-state index in [1.165, 1.54) is 12.0 Å². The fourth-order valence-corrected chi connectivity index (χ4v) is 4.41. The highest BCUT2D eigenvalue weighted by atomic mass is 16.2. The van der Waals surface area contributed by atoms with Crippen molar-refractivity contribution in [3.63, 3.8) is 0 Å². The van der Waals surface area contributed by atoms with E-state index in [9.17, 15) is 4.79 Å². The minimum atomic E-state index is 0.0308. The summed E-state index contributed by atoms with van der Waals surface area (Å²) < 4.78 is 0. The molecule has 1 atom stereocenters. The number of piperazine rings is 1. The van der Waals surface area contributed by atoms with Crippen molar-refractivity contribution in [3.8, 4) is 0 Å². The SMILES string of the molecule is CCC1CCCCN1C(=O)c1cnc(N2CCN(Cc3ccccc3)CC2)cn1. The van der Waals surface area contributed by atoms with Gasteiger partial charge in [0.05, 0.1) is 12.4 Å². The van der Waals surface area contributed by atoms with Crippen LogP contribution in [0, 0.1) is 0 Å². The van der Waals surface area contributed by atoms with Crippen molar-refractivity contribution in [1.29, 1.82) is 0 Å². The van der Waals surface area contributed by atoms with Crippen LogP contribution in [0.15, 0.2) is 42.7 Å². The molecule has 1 aromatic heterocycles. The van der Waals surface area contributed by atoms with Crippen molar-refractivity contribution < 1.29 is 4.79 Å². The Kier molecular flexibility index (Phi) is 6.39. The summed E-state index contributed by atoms with van der Waals surface area (Å²) in [5, 5.41) is 0. The van der Waals surface area contributed by atoms with Gasteiger partial charge < -0.3 is 9.80 Å². The average Bonchev–Trinajstić information content (AvgIpc) is 2.80. The molecule has 2 fully saturated rings. The van der Waals surface area contributed by atoms with Gasteiger partial charge in [0, 0.05) is 45.3 Å². The van der Waals surface area contributed by atoms with Crippen molar-refractivity contribution >= 4 is 11.7 Å². The summed E-state index contributed by atoms with van der Waals surface area (Å²) in [5.41, 5.74) is 1.82. The van der Waals surface area contributed by atoms with Gasteiger partial charge in [-0.05, 0) is 31.2 Å². The standard InChI is InChI=1S/C23H31N5O/c1-2-20-10-6-7-11-28(20)23(29)21-16-25-22(17-24-21)27-14-12-26(13-15-27)18-19-8-4-3-5-9-19/h3-5,8-9,16-17,20H,2,6-7,10-15,18H2,1H3. The average molecular weight is 394 g/mol. The van der Waals surface area contributed by atoms with Crippen LogP contribution in [-0.4, -0.2) is 64.4 Å². The molecule has 0 aliphatic carbocycles. The fraction of sp³-hybridized carbons (Fsp3) is 0.522. The van der Waals surface area contributed by atoms with Crippen LogP contribution in [0.1, 0.15) is 48.7 Å². The van der Waals surface area contributed by atoms with E-state index in [0.29, 0.717) is 11.7 Å². The van der Waals surface area contributed by atoms with Crippen LogP contribution in [-0.2, 0) is 6.54 Å². The number of carbonyl (C=O) groups is 1. The summed E-state index contributed by atoms with van der Waals surface area (Å²) in [6, 6.07) is 10.9. The lowest BCUT2D eigenvalue weighted by atomic mass is 10.00. The highest BCUT2D eigenvalue weighted by Gasteiger charge is 2.27. The van der Waals surface area contributed by atoms with Gasteiger partial charge in [-0.15, -0.1) is 0 Å². The zero-order valence-electron chi connectivity index (χ0n) is 17.3. The van der Waals surface area contributed by atoms with E-state index in [1.807, 2.05) is 4.90 Å². The first-order valence-electron chi connectivity index (χ1n) is 10.9. The minimum absolute atomic E-state index is 0.0308. The zero-order chi connectivity index (χ0) is 20.1. The van der Waals surface area contributed by atoms with Crippen LogP contribution in [0.2, 0.25) is 0 Å². The molecule has 6 heteroatoms. The Balaban J connectivity index is 1.33. The normalized spacial score (nSPS) is 20.7. The molecule has 0 saturated carbocycles. The summed E-state index contributed by atoms with van der Waals surface area (Å²) in [7, 11) is 0. The lowest BCUT2D eigenvalue weighted by molar-refractivity contribution is 0.0601. The molecule has 0 spiro atoms. The van der Waals surface area contributed by atoms with E-state index in [4.69, 9.17) is 0 Å².